The Balaban J connectivity index is 2.18. The summed E-state index contributed by atoms with van der Waals surface area (Å²) in [5.41, 5.74) is 1.07. The molecule has 2 nitrogen and oxygen atoms in total. The van der Waals surface area contributed by atoms with Crippen molar-refractivity contribution in [3.8, 4) is 0 Å². The van der Waals surface area contributed by atoms with E-state index in [9.17, 15) is 0 Å². The van der Waals surface area contributed by atoms with E-state index in [1.54, 1.807) is 0 Å². The molecule has 0 atom stereocenters. The fourth-order valence-corrected chi connectivity index (χ4v) is 1.81. The van der Waals surface area contributed by atoms with Crippen molar-refractivity contribution in [2.75, 3.05) is 13.2 Å². The molecule has 1 heterocycles. The molecule has 0 spiro atoms. The van der Waals surface area contributed by atoms with Crippen LogP contribution in [0.25, 0.3) is 0 Å². The quantitative estimate of drug-likeness (QED) is 0.755. The lowest BCUT2D eigenvalue weighted by Crippen LogP contribution is -2.17. The van der Waals surface area contributed by atoms with Crippen LogP contribution in [-0.2, 0) is 9.47 Å². The minimum atomic E-state index is -0.190. The third kappa shape index (κ3) is 2.10. The molecular weight excluding hydrogens is 232 g/mol. The lowest BCUT2D eigenvalue weighted by Gasteiger charge is -2.24. The van der Waals surface area contributed by atoms with Gasteiger partial charge in [0.25, 0.3) is 0 Å². The molecule has 2 rings (SSSR count). The molecule has 0 aromatic heterocycles. The Morgan fingerprint density at radius 1 is 1.15 bits per heavy atom. The van der Waals surface area contributed by atoms with Crippen LogP contribution < -0.4 is 0 Å². The smallest absolute Gasteiger partial charge is 0.184 e. The van der Waals surface area contributed by atoms with Crippen molar-refractivity contribution in [2.24, 2.45) is 0 Å². The standard InChI is InChI=1S/C10H11BrO2/c11-9-5-2-1-4-8(9)10-12-6-3-7-13-10/h1-2,4-5,10H,3,6-7H2. The summed E-state index contributed by atoms with van der Waals surface area (Å²) in [5.74, 6) is 0. The molecule has 0 unspecified atom stereocenters. The van der Waals surface area contributed by atoms with E-state index in [1.807, 2.05) is 24.3 Å². The zero-order valence-corrected chi connectivity index (χ0v) is 8.79. The van der Waals surface area contributed by atoms with Gasteiger partial charge in [-0.05, 0) is 12.5 Å². The summed E-state index contributed by atoms with van der Waals surface area (Å²) >= 11 is 3.47. The first-order valence-electron chi connectivity index (χ1n) is 4.35. The predicted molar refractivity (Wildman–Crippen MR) is 53.4 cm³/mol. The van der Waals surface area contributed by atoms with Gasteiger partial charge in [0.1, 0.15) is 0 Å². The molecule has 0 aliphatic carbocycles. The second kappa shape index (κ2) is 4.22. The second-order valence-electron chi connectivity index (χ2n) is 2.95. The summed E-state index contributed by atoms with van der Waals surface area (Å²) in [6.07, 6.45) is 0.797. The molecule has 1 fully saturated rings. The average Bonchev–Trinajstić information content (AvgIpc) is 2.20. The van der Waals surface area contributed by atoms with Crippen LogP contribution in [0.3, 0.4) is 0 Å². The van der Waals surface area contributed by atoms with Gasteiger partial charge in [0.05, 0.1) is 13.2 Å². The number of hydrogen-bond donors (Lipinski definition) is 0. The maximum atomic E-state index is 5.49. The maximum absolute atomic E-state index is 5.49. The van der Waals surface area contributed by atoms with Crippen LogP contribution in [0.4, 0.5) is 0 Å². The molecule has 13 heavy (non-hydrogen) atoms. The van der Waals surface area contributed by atoms with Crippen molar-refractivity contribution in [3.05, 3.63) is 34.3 Å². The number of halogens is 1. The van der Waals surface area contributed by atoms with Gasteiger partial charge in [0.2, 0.25) is 0 Å². The first-order valence-corrected chi connectivity index (χ1v) is 5.15. The molecule has 70 valence electrons. The minimum Gasteiger partial charge on any atom is -0.348 e. The van der Waals surface area contributed by atoms with E-state index in [1.165, 1.54) is 0 Å². The first-order chi connectivity index (χ1) is 6.38. The van der Waals surface area contributed by atoms with Gasteiger partial charge in [-0.1, -0.05) is 34.1 Å². The Kier molecular flexibility index (Phi) is 2.98. The van der Waals surface area contributed by atoms with Crippen molar-refractivity contribution in [3.63, 3.8) is 0 Å². The van der Waals surface area contributed by atoms with Crippen LogP contribution in [0, 0.1) is 0 Å². The van der Waals surface area contributed by atoms with Crippen LogP contribution in [0.2, 0.25) is 0 Å². The summed E-state index contributed by atoms with van der Waals surface area (Å²) in [6.45, 7) is 1.57. The Morgan fingerprint density at radius 2 is 1.85 bits per heavy atom. The molecule has 0 amide bonds. The van der Waals surface area contributed by atoms with Crippen LogP contribution in [-0.4, -0.2) is 13.2 Å². The number of rotatable bonds is 1. The molecule has 0 saturated carbocycles. The zero-order valence-electron chi connectivity index (χ0n) is 7.20. The molecule has 0 N–H and O–H groups in total. The van der Waals surface area contributed by atoms with Crippen molar-refractivity contribution in [1.29, 1.82) is 0 Å². The second-order valence-corrected chi connectivity index (χ2v) is 3.80. The van der Waals surface area contributed by atoms with Gasteiger partial charge in [-0.2, -0.15) is 0 Å². The van der Waals surface area contributed by atoms with E-state index in [0.717, 1.165) is 29.7 Å². The molecule has 1 aromatic rings. The van der Waals surface area contributed by atoms with E-state index in [0.29, 0.717) is 0 Å². The fraction of sp³-hybridized carbons (Fsp3) is 0.400. The van der Waals surface area contributed by atoms with E-state index in [4.69, 9.17) is 9.47 Å². The van der Waals surface area contributed by atoms with Crippen LogP contribution in [0.15, 0.2) is 28.7 Å². The topological polar surface area (TPSA) is 18.5 Å². The Hall–Kier alpha value is -0.380. The van der Waals surface area contributed by atoms with Gasteiger partial charge in [-0.25, -0.2) is 0 Å². The molecule has 1 aliphatic heterocycles. The summed E-state index contributed by atoms with van der Waals surface area (Å²) in [4.78, 5) is 0. The van der Waals surface area contributed by atoms with Gasteiger partial charge in [0, 0.05) is 10.0 Å². The number of hydrogen-bond acceptors (Lipinski definition) is 2. The minimum absolute atomic E-state index is 0.190. The van der Waals surface area contributed by atoms with Crippen LogP contribution >= 0.6 is 15.9 Å². The molecule has 1 saturated heterocycles. The largest absolute Gasteiger partial charge is 0.348 e. The van der Waals surface area contributed by atoms with Crippen molar-refractivity contribution in [1.82, 2.24) is 0 Å². The van der Waals surface area contributed by atoms with E-state index >= 15 is 0 Å². The summed E-state index contributed by atoms with van der Waals surface area (Å²) in [7, 11) is 0. The molecule has 1 aromatic carbocycles. The van der Waals surface area contributed by atoms with E-state index in [-0.39, 0.29) is 6.29 Å². The Morgan fingerprint density at radius 3 is 2.54 bits per heavy atom. The van der Waals surface area contributed by atoms with Gasteiger partial charge in [0.15, 0.2) is 6.29 Å². The van der Waals surface area contributed by atoms with Crippen molar-refractivity contribution < 1.29 is 9.47 Å². The lowest BCUT2D eigenvalue weighted by atomic mass is 10.2. The maximum Gasteiger partial charge on any atom is 0.184 e. The predicted octanol–water partition coefficient (Wildman–Crippen LogP) is 2.88. The number of benzene rings is 1. The van der Waals surface area contributed by atoms with Crippen molar-refractivity contribution in [2.45, 2.75) is 12.7 Å². The Labute approximate surface area is 86.0 Å². The first kappa shape index (κ1) is 9.19. The number of ether oxygens (including phenoxy) is 2. The van der Waals surface area contributed by atoms with E-state index < -0.39 is 0 Å². The highest BCUT2D eigenvalue weighted by atomic mass is 79.9. The summed E-state index contributed by atoms with van der Waals surface area (Å²) < 4.78 is 12.0. The molecule has 0 radical (unpaired) electrons. The normalized spacial score (nSPS) is 18.8. The highest BCUT2D eigenvalue weighted by molar-refractivity contribution is 9.10. The monoisotopic (exact) mass is 242 g/mol. The van der Waals surface area contributed by atoms with E-state index in [2.05, 4.69) is 15.9 Å². The third-order valence-electron chi connectivity index (χ3n) is 1.99. The highest BCUT2D eigenvalue weighted by Gasteiger charge is 2.18. The highest BCUT2D eigenvalue weighted by Crippen LogP contribution is 2.28. The zero-order chi connectivity index (χ0) is 9.10. The summed E-state index contributed by atoms with van der Waals surface area (Å²) in [6, 6.07) is 7.98. The van der Waals surface area contributed by atoms with Gasteiger partial charge >= 0.3 is 0 Å². The Bertz CT molecular complexity index is 282. The van der Waals surface area contributed by atoms with Gasteiger partial charge < -0.3 is 9.47 Å². The third-order valence-corrected chi connectivity index (χ3v) is 2.71. The van der Waals surface area contributed by atoms with Crippen LogP contribution in [0.1, 0.15) is 18.3 Å². The average molecular weight is 243 g/mol. The van der Waals surface area contributed by atoms with Crippen LogP contribution in [0.5, 0.6) is 0 Å². The molecular formula is C10H11BrO2. The fourth-order valence-electron chi connectivity index (χ4n) is 1.33. The summed E-state index contributed by atoms with van der Waals surface area (Å²) in [5, 5.41) is 0. The van der Waals surface area contributed by atoms with Crippen molar-refractivity contribution >= 4 is 15.9 Å². The van der Waals surface area contributed by atoms with Gasteiger partial charge in [-0.15, -0.1) is 0 Å². The molecule has 3 heteroatoms. The van der Waals surface area contributed by atoms with Gasteiger partial charge in [-0.3, -0.25) is 0 Å². The SMILES string of the molecule is Brc1ccccc1C1OCCCO1. The lowest BCUT2D eigenvalue weighted by molar-refractivity contribution is -0.183. The molecule has 0 bridgehead atoms. The molecule has 1 aliphatic rings.